The largest absolute Gasteiger partial charge is 0.462 e. The summed E-state index contributed by atoms with van der Waals surface area (Å²) in [5.41, 5.74) is 0.810. The SMILES string of the molecule is CCOC(=O)c1cc(C(=O)NCC2(c3ccccc3)CC2)cc([N+](=O)[O-])c1. The van der Waals surface area contributed by atoms with E-state index < -0.39 is 16.8 Å². The van der Waals surface area contributed by atoms with Gasteiger partial charge in [0.15, 0.2) is 0 Å². The summed E-state index contributed by atoms with van der Waals surface area (Å²) in [5, 5.41) is 14.0. The van der Waals surface area contributed by atoms with Crippen LogP contribution in [0.4, 0.5) is 5.69 Å². The Balaban J connectivity index is 1.78. The molecule has 0 spiro atoms. The minimum atomic E-state index is -0.696. The van der Waals surface area contributed by atoms with Gasteiger partial charge in [0.2, 0.25) is 0 Å². The molecule has 0 heterocycles. The number of hydrogen-bond donors (Lipinski definition) is 1. The Morgan fingerprint density at radius 3 is 2.41 bits per heavy atom. The molecule has 0 aromatic heterocycles. The number of rotatable bonds is 7. The monoisotopic (exact) mass is 368 g/mol. The summed E-state index contributed by atoms with van der Waals surface area (Å²) in [6, 6.07) is 13.5. The van der Waals surface area contributed by atoms with Gasteiger partial charge >= 0.3 is 5.97 Å². The van der Waals surface area contributed by atoms with E-state index in [1.165, 1.54) is 12.1 Å². The molecule has 7 heteroatoms. The lowest BCUT2D eigenvalue weighted by Gasteiger charge is -2.16. The van der Waals surface area contributed by atoms with Crippen molar-refractivity contribution < 1.29 is 19.2 Å². The van der Waals surface area contributed by atoms with Gasteiger partial charge in [-0.3, -0.25) is 14.9 Å². The summed E-state index contributed by atoms with van der Waals surface area (Å²) < 4.78 is 4.89. The van der Waals surface area contributed by atoms with Crippen LogP contribution >= 0.6 is 0 Å². The zero-order chi connectivity index (χ0) is 19.4. The maximum atomic E-state index is 12.6. The van der Waals surface area contributed by atoms with Crippen molar-refractivity contribution >= 4 is 17.6 Å². The second-order valence-electron chi connectivity index (χ2n) is 6.58. The molecule has 3 rings (SSSR count). The number of non-ortho nitro benzene ring substituents is 1. The van der Waals surface area contributed by atoms with E-state index in [0.717, 1.165) is 24.5 Å². The number of esters is 1. The van der Waals surface area contributed by atoms with Gasteiger partial charge in [-0.25, -0.2) is 4.79 Å². The van der Waals surface area contributed by atoms with Crippen LogP contribution in [0.5, 0.6) is 0 Å². The topological polar surface area (TPSA) is 98.5 Å². The molecule has 1 fully saturated rings. The maximum absolute atomic E-state index is 12.6. The van der Waals surface area contributed by atoms with Gasteiger partial charge in [-0.15, -0.1) is 0 Å². The van der Waals surface area contributed by atoms with Crippen LogP contribution in [0.2, 0.25) is 0 Å². The van der Waals surface area contributed by atoms with Crippen molar-refractivity contribution in [2.24, 2.45) is 0 Å². The molecule has 1 saturated carbocycles. The number of ether oxygens (including phenoxy) is 1. The Hall–Kier alpha value is -3.22. The predicted octanol–water partition coefficient (Wildman–Crippen LogP) is 3.23. The lowest BCUT2D eigenvalue weighted by Crippen LogP contribution is -2.32. The third-order valence-corrected chi connectivity index (χ3v) is 4.73. The van der Waals surface area contributed by atoms with Gasteiger partial charge in [-0.05, 0) is 31.4 Å². The molecule has 1 N–H and O–H groups in total. The highest BCUT2D eigenvalue weighted by Gasteiger charge is 2.44. The third-order valence-electron chi connectivity index (χ3n) is 4.73. The summed E-state index contributed by atoms with van der Waals surface area (Å²) >= 11 is 0. The van der Waals surface area contributed by atoms with E-state index in [4.69, 9.17) is 4.74 Å². The van der Waals surface area contributed by atoms with E-state index in [0.29, 0.717) is 6.54 Å². The quantitative estimate of drug-likeness (QED) is 0.460. The first-order valence-electron chi connectivity index (χ1n) is 8.75. The number of benzene rings is 2. The number of amides is 1. The number of nitrogens with zero attached hydrogens (tertiary/aromatic N) is 1. The van der Waals surface area contributed by atoms with Crippen molar-refractivity contribution in [2.75, 3.05) is 13.2 Å². The average Bonchev–Trinajstić information content (AvgIpc) is 3.48. The van der Waals surface area contributed by atoms with Crippen molar-refractivity contribution in [1.82, 2.24) is 5.32 Å². The minimum absolute atomic E-state index is 0.0135. The summed E-state index contributed by atoms with van der Waals surface area (Å²) in [4.78, 5) is 35.0. The molecule has 0 bridgehead atoms. The van der Waals surface area contributed by atoms with Crippen LogP contribution in [0.25, 0.3) is 0 Å². The summed E-state index contributed by atoms with van der Waals surface area (Å²) in [6.45, 7) is 2.22. The Labute approximate surface area is 156 Å². The molecule has 2 aromatic rings. The predicted molar refractivity (Wildman–Crippen MR) is 98.7 cm³/mol. The second kappa shape index (κ2) is 7.57. The van der Waals surface area contributed by atoms with Crippen LogP contribution < -0.4 is 5.32 Å². The molecule has 0 saturated heterocycles. The number of nitro groups is 1. The molecule has 1 aliphatic carbocycles. The summed E-state index contributed by atoms with van der Waals surface area (Å²) in [7, 11) is 0. The lowest BCUT2D eigenvalue weighted by molar-refractivity contribution is -0.384. The lowest BCUT2D eigenvalue weighted by atomic mass is 9.96. The fourth-order valence-corrected chi connectivity index (χ4v) is 3.04. The molecule has 0 aliphatic heterocycles. The van der Waals surface area contributed by atoms with Crippen LogP contribution in [0, 0.1) is 10.1 Å². The van der Waals surface area contributed by atoms with E-state index >= 15 is 0 Å². The van der Waals surface area contributed by atoms with Crippen LogP contribution in [0.1, 0.15) is 46.0 Å². The molecular formula is C20H20N2O5. The molecular weight excluding hydrogens is 348 g/mol. The Kier molecular flexibility index (Phi) is 5.21. The number of carbonyl (C=O) groups is 2. The van der Waals surface area contributed by atoms with Crippen LogP contribution in [-0.2, 0) is 10.2 Å². The number of hydrogen-bond acceptors (Lipinski definition) is 5. The molecule has 0 atom stereocenters. The third kappa shape index (κ3) is 4.13. The summed E-state index contributed by atoms with van der Waals surface area (Å²) in [6.07, 6.45) is 1.95. The first kappa shape index (κ1) is 18.6. The highest BCUT2D eigenvalue weighted by molar-refractivity contribution is 5.99. The molecule has 0 radical (unpaired) electrons. The Morgan fingerprint density at radius 2 is 1.81 bits per heavy atom. The number of nitro benzene ring substituents is 1. The van der Waals surface area contributed by atoms with E-state index in [1.54, 1.807) is 6.92 Å². The molecule has 140 valence electrons. The zero-order valence-electron chi connectivity index (χ0n) is 14.9. The Morgan fingerprint density at radius 1 is 1.15 bits per heavy atom. The minimum Gasteiger partial charge on any atom is -0.462 e. The average molecular weight is 368 g/mol. The molecule has 2 aromatic carbocycles. The van der Waals surface area contributed by atoms with Gasteiger partial charge in [-0.2, -0.15) is 0 Å². The highest BCUT2D eigenvalue weighted by atomic mass is 16.6. The maximum Gasteiger partial charge on any atom is 0.338 e. The van der Waals surface area contributed by atoms with Crippen molar-refractivity contribution in [2.45, 2.75) is 25.2 Å². The first-order chi connectivity index (χ1) is 12.9. The smallest absolute Gasteiger partial charge is 0.338 e. The van der Waals surface area contributed by atoms with Gasteiger partial charge in [0.05, 0.1) is 17.1 Å². The van der Waals surface area contributed by atoms with Crippen LogP contribution in [0.3, 0.4) is 0 Å². The fourth-order valence-electron chi connectivity index (χ4n) is 3.04. The van der Waals surface area contributed by atoms with E-state index in [-0.39, 0.29) is 28.8 Å². The van der Waals surface area contributed by atoms with Gasteiger partial charge < -0.3 is 10.1 Å². The first-order valence-corrected chi connectivity index (χ1v) is 8.75. The molecule has 7 nitrogen and oxygen atoms in total. The molecule has 1 aliphatic rings. The van der Waals surface area contributed by atoms with Crippen molar-refractivity contribution in [1.29, 1.82) is 0 Å². The van der Waals surface area contributed by atoms with Gasteiger partial charge in [0.25, 0.3) is 11.6 Å². The van der Waals surface area contributed by atoms with E-state index in [1.807, 2.05) is 30.3 Å². The normalized spacial score (nSPS) is 14.3. The number of nitrogens with one attached hydrogen (secondary N) is 1. The second-order valence-corrected chi connectivity index (χ2v) is 6.58. The van der Waals surface area contributed by atoms with Crippen LogP contribution in [0.15, 0.2) is 48.5 Å². The van der Waals surface area contributed by atoms with Crippen molar-refractivity contribution in [3.05, 3.63) is 75.3 Å². The molecule has 0 unspecified atom stereocenters. The fraction of sp³-hybridized carbons (Fsp3) is 0.300. The van der Waals surface area contributed by atoms with Gasteiger partial charge in [0, 0.05) is 29.7 Å². The van der Waals surface area contributed by atoms with Gasteiger partial charge in [0.1, 0.15) is 0 Å². The zero-order valence-corrected chi connectivity index (χ0v) is 14.9. The highest BCUT2D eigenvalue weighted by Crippen LogP contribution is 2.47. The standard InChI is InChI=1S/C20H20N2O5/c1-2-27-19(24)15-10-14(11-17(12-15)22(25)26)18(23)21-13-20(8-9-20)16-6-4-3-5-7-16/h3-7,10-12H,2,8-9,13H2,1H3,(H,21,23). The molecule has 27 heavy (non-hydrogen) atoms. The van der Waals surface area contributed by atoms with E-state index in [9.17, 15) is 19.7 Å². The Bertz CT molecular complexity index is 875. The van der Waals surface area contributed by atoms with E-state index in [2.05, 4.69) is 5.32 Å². The van der Waals surface area contributed by atoms with Crippen molar-refractivity contribution in [3.63, 3.8) is 0 Å². The number of carbonyl (C=O) groups excluding carboxylic acids is 2. The molecule has 1 amide bonds. The summed E-state index contributed by atoms with van der Waals surface area (Å²) in [5.74, 6) is -1.15. The van der Waals surface area contributed by atoms with Crippen LogP contribution in [-0.4, -0.2) is 30.0 Å². The van der Waals surface area contributed by atoms with Crippen molar-refractivity contribution in [3.8, 4) is 0 Å². The van der Waals surface area contributed by atoms with Gasteiger partial charge in [-0.1, -0.05) is 30.3 Å².